The van der Waals surface area contributed by atoms with Crippen molar-refractivity contribution in [2.24, 2.45) is 0 Å². The van der Waals surface area contributed by atoms with Crippen LogP contribution in [0.15, 0.2) is 42.5 Å². The van der Waals surface area contributed by atoms with Gasteiger partial charge < -0.3 is 9.84 Å². The lowest BCUT2D eigenvalue weighted by molar-refractivity contribution is 0.0658. The third-order valence-electron chi connectivity index (χ3n) is 3.29. The lowest BCUT2D eigenvalue weighted by Gasteiger charge is -2.30. The molecule has 2 aromatic rings. The molecule has 0 fully saturated rings. The fourth-order valence-electron chi connectivity index (χ4n) is 2.35. The predicted molar refractivity (Wildman–Crippen MR) is 75.8 cm³/mol. The van der Waals surface area contributed by atoms with E-state index in [0.717, 1.165) is 11.1 Å². The third kappa shape index (κ3) is 2.44. The molecule has 0 aromatic heterocycles. The molecule has 19 heavy (non-hydrogen) atoms. The van der Waals surface area contributed by atoms with Gasteiger partial charge in [0.25, 0.3) is 0 Å². The van der Waals surface area contributed by atoms with Crippen molar-refractivity contribution in [3.8, 4) is 5.75 Å². The SMILES string of the molecule is OC1CC(c2cc(Cl)ccc2Cl)Oc2ccccc21. The van der Waals surface area contributed by atoms with Crippen LogP contribution in [-0.2, 0) is 0 Å². The zero-order valence-electron chi connectivity index (χ0n) is 10.0. The van der Waals surface area contributed by atoms with Crippen LogP contribution in [0.25, 0.3) is 0 Å². The number of halogens is 2. The van der Waals surface area contributed by atoms with E-state index in [1.807, 2.05) is 24.3 Å². The summed E-state index contributed by atoms with van der Waals surface area (Å²) in [5, 5.41) is 11.4. The van der Waals surface area contributed by atoms with Crippen molar-refractivity contribution in [2.75, 3.05) is 0 Å². The highest BCUT2D eigenvalue weighted by molar-refractivity contribution is 6.33. The van der Waals surface area contributed by atoms with E-state index in [0.29, 0.717) is 22.2 Å². The van der Waals surface area contributed by atoms with Gasteiger partial charge in [0.05, 0.1) is 6.10 Å². The molecular weight excluding hydrogens is 283 g/mol. The molecule has 0 saturated heterocycles. The number of ether oxygens (including phenoxy) is 1. The zero-order valence-corrected chi connectivity index (χ0v) is 11.5. The van der Waals surface area contributed by atoms with E-state index in [2.05, 4.69) is 0 Å². The summed E-state index contributed by atoms with van der Waals surface area (Å²) in [4.78, 5) is 0. The Hall–Kier alpha value is -1.22. The molecule has 1 aliphatic rings. The van der Waals surface area contributed by atoms with Crippen LogP contribution >= 0.6 is 23.2 Å². The molecule has 0 radical (unpaired) electrons. The number of para-hydroxylation sites is 1. The fourth-order valence-corrected chi connectivity index (χ4v) is 2.77. The van der Waals surface area contributed by atoms with Gasteiger partial charge in [0.1, 0.15) is 11.9 Å². The molecule has 2 unspecified atom stereocenters. The molecule has 0 saturated carbocycles. The molecule has 0 spiro atoms. The van der Waals surface area contributed by atoms with Gasteiger partial charge in [-0.25, -0.2) is 0 Å². The molecule has 2 aromatic carbocycles. The Labute approximate surface area is 121 Å². The van der Waals surface area contributed by atoms with Gasteiger partial charge in [-0.15, -0.1) is 0 Å². The molecular formula is C15H12Cl2O2. The lowest BCUT2D eigenvalue weighted by atomic mass is 9.95. The van der Waals surface area contributed by atoms with Gasteiger partial charge in [0, 0.05) is 27.6 Å². The summed E-state index contributed by atoms with van der Waals surface area (Å²) < 4.78 is 5.92. The van der Waals surface area contributed by atoms with E-state index in [1.54, 1.807) is 18.2 Å². The topological polar surface area (TPSA) is 29.5 Å². The predicted octanol–water partition coefficient (Wildman–Crippen LogP) is 4.55. The highest BCUT2D eigenvalue weighted by atomic mass is 35.5. The van der Waals surface area contributed by atoms with Gasteiger partial charge in [-0.1, -0.05) is 41.4 Å². The molecule has 4 heteroatoms. The zero-order chi connectivity index (χ0) is 13.4. The first-order chi connectivity index (χ1) is 9.15. The summed E-state index contributed by atoms with van der Waals surface area (Å²) in [5.74, 6) is 0.697. The van der Waals surface area contributed by atoms with Crippen molar-refractivity contribution >= 4 is 23.2 Å². The standard InChI is InChI=1S/C15H12Cl2O2/c16-9-5-6-12(17)11(7-9)15-8-13(18)10-3-1-2-4-14(10)19-15/h1-7,13,15,18H,8H2. The van der Waals surface area contributed by atoms with Gasteiger partial charge >= 0.3 is 0 Å². The van der Waals surface area contributed by atoms with Crippen LogP contribution in [0.4, 0.5) is 0 Å². The molecule has 1 heterocycles. The Morgan fingerprint density at radius 1 is 1.05 bits per heavy atom. The summed E-state index contributed by atoms with van der Waals surface area (Å²) in [6, 6.07) is 12.8. The molecule has 1 N–H and O–H groups in total. The number of fused-ring (bicyclic) bond motifs is 1. The van der Waals surface area contributed by atoms with Crippen LogP contribution in [0.3, 0.4) is 0 Å². The Morgan fingerprint density at radius 3 is 2.68 bits per heavy atom. The van der Waals surface area contributed by atoms with Crippen LogP contribution in [0.2, 0.25) is 10.0 Å². The molecule has 0 amide bonds. The normalized spacial score (nSPS) is 21.6. The lowest BCUT2D eigenvalue weighted by Crippen LogP contribution is -2.19. The highest BCUT2D eigenvalue weighted by Crippen LogP contribution is 2.42. The van der Waals surface area contributed by atoms with Crippen molar-refractivity contribution in [1.29, 1.82) is 0 Å². The number of hydrogen-bond donors (Lipinski definition) is 1. The Balaban J connectivity index is 1.99. The quantitative estimate of drug-likeness (QED) is 0.836. The number of aliphatic hydroxyl groups excluding tert-OH is 1. The van der Waals surface area contributed by atoms with Gasteiger partial charge in [-0.3, -0.25) is 0 Å². The Kier molecular flexibility index (Phi) is 3.40. The first-order valence-electron chi connectivity index (χ1n) is 6.04. The van der Waals surface area contributed by atoms with Crippen molar-refractivity contribution in [3.63, 3.8) is 0 Å². The second-order valence-electron chi connectivity index (χ2n) is 4.56. The minimum Gasteiger partial charge on any atom is -0.485 e. The van der Waals surface area contributed by atoms with E-state index in [4.69, 9.17) is 27.9 Å². The number of rotatable bonds is 1. The van der Waals surface area contributed by atoms with Crippen LogP contribution in [0.5, 0.6) is 5.75 Å². The van der Waals surface area contributed by atoms with Crippen molar-refractivity contribution < 1.29 is 9.84 Å². The van der Waals surface area contributed by atoms with Gasteiger partial charge in [-0.2, -0.15) is 0 Å². The van der Waals surface area contributed by atoms with Gasteiger partial charge in [0.2, 0.25) is 0 Å². The van der Waals surface area contributed by atoms with Crippen LogP contribution in [0.1, 0.15) is 29.8 Å². The van der Waals surface area contributed by atoms with Gasteiger partial charge in [0.15, 0.2) is 0 Å². The van der Waals surface area contributed by atoms with E-state index in [1.165, 1.54) is 0 Å². The first kappa shape index (κ1) is 12.8. The first-order valence-corrected chi connectivity index (χ1v) is 6.79. The molecule has 2 atom stereocenters. The number of hydrogen-bond acceptors (Lipinski definition) is 2. The molecule has 3 rings (SSSR count). The van der Waals surface area contributed by atoms with Crippen molar-refractivity contribution in [2.45, 2.75) is 18.6 Å². The van der Waals surface area contributed by atoms with E-state index in [9.17, 15) is 5.11 Å². The monoisotopic (exact) mass is 294 g/mol. The fraction of sp³-hybridized carbons (Fsp3) is 0.200. The Bertz CT molecular complexity index is 613. The second kappa shape index (κ2) is 5.04. The van der Waals surface area contributed by atoms with Crippen LogP contribution in [0, 0.1) is 0 Å². The second-order valence-corrected chi connectivity index (χ2v) is 5.41. The molecule has 0 aliphatic carbocycles. The van der Waals surface area contributed by atoms with Crippen molar-refractivity contribution in [3.05, 3.63) is 63.6 Å². The minimum atomic E-state index is -0.551. The summed E-state index contributed by atoms with van der Waals surface area (Å²) in [5.41, 5.74) is 1.62. The van der Waals surface area contributed by atoms with E-state index in [-0.39, 0.29) is 6.10 Å². The average Bonchev–Trinajstić information content (AvgIpc) is 2.41. The molecule has 1 aliphatic heterocycles. The van der Waals surface area contributed by atoms with Crippen LogP contribution in [-0.4, -0.2) is 5.11 Å². The smallest absolute Gasteiger partial charge is 0.128 e. The maximum absolute atomic E-state index is 10.2. The van der Waals surface area contributed by atoms with Gasteiger partial charge in [-0.05, 0) is 24.3 Å². The molecule has 98 valence electrons. The largest absolute Gasteiger partial charge is 0.485 e. The summed E-state index contributed by atoms with van der Waals surface area (Å²) in [6.45, 7) is 0. The maximum Gasteiger partial charge on any atom is 0.128 e. The Morgan fingerprint density at radius 2 is 1.84 bits per heavy atom. The van der Waals surface area contributed by atoms with Crippen LogP contribution < -0.4 is 4.74 Å². The number of benzene rings is 2. The molecule has 0 bridgehead atoms. The number of aliphatic hydroxyl groups is 1. The van der Waals surface area contributed by atoms with E-state index >= 15 is 0 Å². The summed E-state index contributed by atoms with van der Waals surface area (Å²) >= 11 is 12.2. The average molecular weight is 295 g/mol. The van der Waals surface area contributed by atoms with E-state index < -0.39 is 6.10 Å². The highest BCUT2D eigenvalue weighted by Gasteiger charge is 2.29. The maximum atomic E-state index is 10.2. The summed E-state index contributed by atoms with van der Waals surface area (Å²) in [6.07, 6.45) is -0.363. The molecule has 2 nitrogen and oxygen atoms in total. The summed E-state index contributed by atoms with van der Waals surface area (Å²) in [7, 11) is 0. The van der Waals surface area contributed by atoms with Crippen molar-refractivity contribution in [1.82, 2.24) is 0 Å². The minimum absolute atomic E-state index is 0.281. The third-order valence-corrected chi connectivity index (χ3v) is 3.87.